The Morgan fingerprint density at radius 1 is 1.20 bits per heavy atom. The number of carbonyl (C=O) groups is 1. The number of hydrogen-bond acceptors (Lipinski definition) is 4. The molecule has 1 aromatic carbocycles. The molecule has 2 atom stereocenters. The third-order valence-corrected chi connectivity index (χ3v) is 6.80. The highest BCUT2D eigenvalue weighted by atomic mass is 16.5. The van der Waals surface area contributed by atoms with Gasteiger partial charge in [0.05, 0.1) is 18.9 Å². The average molecular weight is 415 g/mol. The fourth-order valence-corrected chi connectivity index (χ4v) is 5.35. The van der Waals surface area contributed by atoms with E-state index in [0.29, 0.717) is 17.2 Å². The van der Waals surface area contributed by atoms with Crippen LogP contribution >= 0.6 is 0 Å². The first-order chi connectivity index (χ1) is 14.5. The van der Waals surface area contributed by atoms with Crippen molar-refractivity contribution in [1.29, 1.82) is 0 Å². The van der Waals surface area contributed by atoms with E-state index in [0.717, 1.165) is 17.9 Å². The minimum atomic E-state index is -0.928. The molecule has 1 aromatic rings. The number of aliphatic carboxylic acids is 1. The first-order valence-corrected chi connectivity index (χ1v) is 11.1. The smallest absolute Gasteiger partial charge is 0.304 e. The molecule has 0 bridgehead atoms. The normalized spacial score (nSPS) is 22.8. The van der Waals surface area contributed by atoms with Gasteiger partial charge in [-0.15, -0.1) is 5.11 Å². The number of amidine groups is 1. The number of rotatable bonds is 7. The highest BCUT2D eigenvalue weighted by Crippen LogP contribution is 2.49. The molecule has 1 spiro atoms. The van der Waals surface area contributed by atoms with Crippen LogP contribution in [0.25, 0.3) is 0 Å². The summed E-state index contributed by atoms with van der Waals surface area (Å²) in [7, 11) is 1.56. The van der Waals surface area contributed by atoms with E-state index in [2.05, 4.69) is 15.3 Å². The monoisotopic (exact) mass is 414 g/mol. The van der Waals surface area contributed by atoms with E-state index in [9.17, 15) is 9.90 Å². The van der Waals surface area contributed by atoms with Crippen LogP contribution in [0.5, 0.6) is 5.75 Å². The van der Waals surface area contributed by atoms with Crippen LogP contribution in [0.2, 0.25) is 0 Å². The molecule has 0 heterocycles. The Morgan fingerprint density at radius 2 is 1.90 bits per heavy atom. The number of carboxylic acids is 1. The molecule has 0 radical (unpaired) electrons. The third-order valence-electron chi connectivity index (χ3n) is 6.80. The molecule has 30 heavy (non-hydrogen) atoms. The van der Waals surface area contributed by atoms with E-state index >= 15 is 0 Å². The third kappa shape index (κ3) is 5.80. The van der Waals surface area contributed by atoms with Crippen molar-refractivity contribution >= 4 is 11.8 Å². The van der Waals surface area contributed by atoms with Gasteiger partial charge < -0.3 is 15.7 Å². The molecule has 164 valence electrons. The molecule has 2 fully saturated rings. The van der Waals surface area contributed by atoms with E-state index in [-0.39, 0.29) is 6.42 Å². The number of carboxylic acid groups (broad SMARTS) is 1. The van der Waals surface area contributed by atoms with Gasteiger partial charge in [-0.05, 0) is 61.1 Å². The number of nitrogens with two attached hydrogens (primary N) is 1. The zero-order valence-corrected chi connectivity index (χ0v) is 17.9. The van der Waals surface area contributed by atoms with Crippen molar-refractivity contribution in [1.82, 2.24) is 0 Å². The number of hydrogen-bond donors (Lipinski definition) is 2. The molecule has 0 aliphatic heterocycles. The van der Waals surface area contributed by atoms with Crippen LogP contribution in [0.15, 0.2) is 39.6 Å². The fourth-order valence-electron chi connectivity index (χ4n) is 5.35. The number of nitrogens with zero attached hydrogens (tertiary/aromatic N) is 3. The van der Waals surface area contributed by atoms with E-state index in [4.69, 9.17) is 10.6 Å². The quantitative estimate of drug-likeness (QED) is 0.212. The first kappa shape index (κ1) is 22.2. The molecule has 2 aliphatic carbocycles. The molecule has 0 aromatic heterocycles. The van der Waals surface area contributed by atoms with Crippen molar-refractivity contribution in [3.8, 4) is 5.75 Å². The van der Waals surface area contributed by atoms with Gasteiger partial charge in [0.1, 0.15) is 5.75 Å². The summed E-state index contributed by atoms with van der Waals surface area (Å²) in [5.74, 6) is 5.45. The van der Waals surface area contributed by atoms with Crippen LogP contribution in [0.3, 0.4) is 0 Å². The predicted molar refractivity (Wildman–Crippen MR) is 117 cm³/mol. The van der Waals surface area contributed by atoms with Crippen LogP contribution < -0.4 is 10.6 Å². The number of aliphatic imine (C=N–C) groups is 1. The Kier molecular flexibility index (Phi) is 7.82. The van der Waals surface area contributed by atoms with E-state index in [1.165, 1.54) is 57.8 Å². The lowest BCUT2D eigenvalue weighted by Crippen LogP contribution is -2.33. The summed E-state index contributed by atoms with van der Waals surface area (Å²) in [6, 6.07) is 7.56. The van der Waals surface area contributed by atoms with Crippen molar-refractivity contribution < 1.29 is 14.6 Å². The molecule has 7 nitrogen and oxygen atoms in total. The highest BCUT2D eigenvalue weighted by molar-refractivity contribution is 5.92. The second-order valence-electron chi connectivity index (χ2n) is 8.85. The highest BCUT2D eigenvalue weighted by Gasteiger charge is 2.37. The Bertz CT molecular complexity index is 749. The zero-order chi connectivity index (χ0) is 21.4. The summed E-state index contributed by atoms with van der Waals surface area (Å²) >= 11 is 0. The van der Waals surface area contributed by atoms with Gasteiger partial charge in [-0.2, -0.15) is 0 Å². The van der Waals surface area contributed by atoms with E-state index < -0.39 is 11.9 Å². The Hall–Kier alpha value is -2.44. The number of benzene rings is 1. The van der Waals surface area contributed by atoms with Gasteiger partial charge >= 0.3 is 5.97 Å². The second kappa shape index (κ2) is 10.5. The summed E-state index contributed by atoms with van der Waals surface area (Å²) < 4.78 is 6.12. The van der Waals surface area contributed by atoms with Crippen LogP contribution in [0.4, 0.5) is 0 Å². The Morgan fingerprint density at radius 3 is 2.53 bits per heavy atom. The fraction of sp³-hybridized carbons (Fsp3) is 0.652. The summed E-state index contributed by atoms with van der Waals surface area (Å²) in [5.41, 5.74) is 1.38. The van der Waals surface area contributed by atoms with Crippen LogP contribution in [0, 0.1) is 11.3 Å². The van der Waals surface area contributed by atoms with Crippen molar-refractivity contribution in [2.75, 3.05) is 13.7 Å². The summed E-state index contributed by atoms with van der Waals surface area (Å²) in [5, 5.41) is 16.3. The first-order valence-electron chi connectivity index (χ1n) is 11.1. The van der Waals surface area contributed by atoms with Crippen molar-refractivity contribution in [3.63, 3.8) is 0 Å². The molecule has 2 aliphatic rings. The number of ether oxygens (including phenoxy) is 1. The lowest BCUT2D eigenvalue weighted by Gasteiger charge is -2.43. The zero-order valence-electron chi connectivity index (χ0n) is 17.9. The molecule has 2 unspecified atom stereocenters. The molecule has 0 amide bonds. The van der Waals surface area contributed by atoms with Crippen LogP contribution in [0.1, 0.15) is 75.7 Å². The largest absolute Gasteiger partial charge is 0.493 e. The van der Waals surface area contributed by atoms with Gasteiger partial charge in [-0.25, -0.2) is 0 Å². The Labute approximate surface area is 178 Å². The van der Waals surface area contributed by atoms with Gasteiger partial charge in [0.25, 0.3) is 0 Å². The van der Waals surface area contributed by atoms with Gasteiger partial charge in [0.15, 0.2) is 5.84 Å². The van der Waals surface area contributed by atoms with E-state index in [1.807, 2.05) is 24.3 Å². The van der Waals surface area contributed by atoms with E-state index in [1.54, 1.807) is 7.05 Å². The maximum absolute atomic E-state index is 11.3. The molecular formula is C23H34N4O3. The van der Waals surface area contributed by atoms with Crippen molar-refractivity contribution in [3.05, 3.63) is 29.8 Å². The average Bonchev–Trinajstić information content (AvgIpc) is 2.75. The topological polar surface area (TPSA) is 110 Å². The lowest BCUT2D eigenvalue weighted by atomic mass is 9.63. The molecule has 7 heteroatoms. The molecular weight excluding hydrogens is 380 g/mol. The van der Waals surface area contributed by atoms with Gasteiger partial charge in [-0.1, -0.05) is 43.0 Å². The maximum Gasteiger partial charge on any atom is 0.304 e. The molecule has 0 saturated heterocycles. The molecule has 3 rings (SSSR count). The van der Waals surface area contributed by atoms with Crippen molar-refractivity contribution in [2.45, 2.75) is 70.1 Å². The van der Waals surface area contributed by atoms with Crippen molar-refractivity contribution in [2.24, 2.45) is 32.5 Å². The molecule has 2 saturated carbocycles. The minimum Gasteiger partial charge on any atom is -0.493 e. The van der Waals surface area contributed by atoms with Gasteiger partial charge in [-0.3, -0.25) is 9.79 Å². The minimum absolute atomic E-state index is 0.129. The van der Waals surface area contributed by atoms with Gasteiger partial charge in [0.2, 0.25) is 0 Å². The molecule has 3 N–H and O–H groups in total. The van der Waals surface area contributed by atoms with Gasteiger partial charge in [0, 0.05) is 7.05 Å². The Balaban J connectivity index is 1.61. The van der Waals surface area contributed by atoms with Crippen LogP contribution in [-0.2, 0) is 4.79 Å². The maximum atomic E-state index is 11.3. The lowest BCUT2D eigenvalue weighted by molar-refractivity contribution is -0.137. The summed E-state index contributed by atoms with van der Waals surface area (Å²) in [6.07, 6.45) is 12.1. The van der Waals surface area contributed by atoms with Crippen LogP contribution in [-0.4, -0.2) is 30.6 Å². The predicted octanol–water partition coefficient (Wildman–Crippen LogP) is 5.12. The summed E-state index contributed by atoms with van der Waals surface area (Å²) in [4.78, 5) is 15.3. The second-order valence-corrected chi connectivity index (χ2v) is 8.85. The standard InChI is InChI=1S/C23H34N4O3/c1-25-22(26-27-24)20(14-21(28)29)18-7-9-19(10-8-18)30-16-17-6-5-13-23(15-17)11-3-2-4-12-23/h7-10,17,20H,2-6,11-16H2,1H3,(H,28,29)(H2,24,25,26). The SMILES string of the molecule is CN=C(N=NN)C(CC(=O)O)c1ccc(OCC2CCCC3(CCCCC3)C2)cc1. The summed E-state index contributed by atoms with van der Waals surface area (Å²) in [6.45, 7) is 0.753.